The van der Waals surface area contributed by atoms with Gasteiger partial charge in [0.1, 0.15) is 5.75 Å². The molecule has 0 saturated carbocycles. The van der Waals surface area contributed by atoms with Crippen LogP contribution in [0.15, 0.2) is 24.3 Å². The number of nitrogens with two attached hydrogens (primary N) is 2. The summed E-state index contributed by atoms with van der Waals surface area (Å²) in [6, 6.07) is 5.03. The molecule has 1 rings (SSSR count). The van der Waals surface area contributed by atoms with E-state index in [2.05, 4.69) is 5.32 Å². The van der Waals surface area contributed by atoms with Crippen LogP contribution in [0.5, 0.6) is 5.75 Å². The molecule has 115 valence electrons. The van der Waals surface area contributed by atoms with Gasteiger partial charge in [0.25, 0.3) is 0 Å². The Balaban J connectivity index is 2.47. The molecule has 1 aromatic carbocycles. The molecule has 0 saturated heterocycles. The van der Waals surface area contributed by atoms with Crippen molar-refractivity contribution in [3.63, 3.8) is 0 Å². The fraction of sp³-hybridized carbons (Fsp3) is 0.467. The van der Waals surface area contributed by atoms with Crippen molar-refractivity contribution in [1.82, 2.24) is 5.32 Å². The van der Waals surface area contributed by atoms with Crippen molar-refractivity contribution in [3.05, 3.63) is 29.8 Å². The Labute approximate surface area is 124 Å². The number of carbonyl (C=O) groups is 1. The first-order valence-electron chi connectivity index (χ1n) is 6.98. The van der Waals surface area contributed by atoms with Gasteiger partial charge >= 0.3 is 0 Å². The zero-order valence-corrected chi connectivity index (χ0v) is 11.9. The van der Waals surface area contributed by atoms with Crippen LogP contribution in [-0.4, -0.2) is 35.9 Å². The molecule has 0 fully saturated rings. The molecule has 0 aliphatic rings. The molecule has 0 heterocycles. The van der Waals surface area contributed by atoms with E-state index < -0.39 is 12.1 Å². The summed E-state index contributed by atoms with van der Waals surface area (Å²) >= 11 is 0. The van der Waals surface area contributed by atoms with Gasteiger partial charge in [0.15, 0.2) is 0 Å². The van der Waals surface area contributed by atoms with Gasteiger partial charge in [-0.2, -0.15) is 0 Å². The number of rotatable bonds is 9. The largest absolute Gasteiger partial charge is 0.508 e. The number of hydrogen-bond acceptors (Lipinski definition) is 5. The first-order chi connectivity index (χ1) is 10.1. The molecule has 6 nitrogen and oxygen atoms in total. The van der Waals surface area contributed by atoms with E-state index >= 15 is 0 Å². The standard InChI is InChI=1S/C15H22N3O3/c16-8-2-1-3-14(17)15(21)18-12(10-19)9-11-4-6-13(20)7-5-11/h4-7,12,14,20H,1-3,8-9,16-17H2,(H,18,21)/t12-,14-/m0/s1. The molecule has 0 spiro atoms. The number of hydrogen-bond donors (Lipinski definition) is 4. The second-order valence-corrected chi connectivity index (χ2v) is 4.94. The molecule has 0 bridgehead atoms. The first kappa shape index (κ1) is 17.1. The van der Waals surface area contributed by atoms with Crippen molar-refractivity contribution in [2.24, 2.45) is 11.5 Å². The molecular formula is C15H22N3O3. The Morgan fingerprint density at radius 2 is 1.95 bits per heavy atom. The van der Waals surface area contributed by atoms with Gasteiger partial charge in [-0.25, -0.2) is 0 Å². The highest BCUT2D eigenvalue weighted by atomic mass is 16.3. The number of amides is 1. The fourth-order valence-corrected chi connectivity index (χ4v) is 1.91. The summed E-state index contributed by atoms with van der Waals surface area (Å²) in [5, 5.41) is 11.8. The number of phenolic OH excluding ortho intramolecular Hbond substituents is 1. The molecule has 1 amide bonds. The predicted octanol–water partition coefficient (Wildman–Crippen LogP) is -0.0145. The molecule has 0 aromatic heterocycles. The van der Waals surface area contributed by atoms with Crippen LogP contribution in [0.1, 0.15) is 24.8 Å². The maximum absolute atomic E-state index is 11.9. The van der Waals surface area contributed by atoms with E-state index in [4.69, 9.17) is 11.5 Å². The third kappa shape index (κ3) is 6.37. The summed E-state index contributed by atoms with van der Waals surface area (Å²) in [5.74, 6) is -0.213. The van der Waals surface area contributed by atoms with Gasteiger partial charge in [-0.15, -0.1) is 0 Å². The van der Waals surface area contributed by atoms with Crippen molar-refractivity contribution >= 4 is 12.2 Å². The molecule has 0 unspecified atom stereocenters. The summed E-state index contributed by atoms with van der Waals surface area (Å²) in [6.07, 6.45) is 4.24. The summed E-state index contributed by atoms with van der Waals surface area (Å²) < 4.78 is 0. The van der Waals surface area contributed by atoms with Crippen molar-refractivity contribution in [1.29, 1.82) is 0 Å². The highest BCUT2D eigenvalue weighted by molar-refractivity contribution is 5.84. The van der Waals surface area contributed by atoms with E-state index in [-0.39, 0.29) is 11.7 Å². The van der Waals surface area contributed by atoms with Gasteiger partial charge in [0.2, 0.25) is 12.2 Å². The summed E-state index contributed by atoms with van der Waals surface area (Å²) in [7, 11) is 0. The maximum atomic E-state index is 11.9. The van der Waals surface area contributed by atoms with E-state index in [0.717, 1.165) is 18.4 Å². The van der Waals surface area contributed by atoms with Crippen molar-refractivity contribution in [3.8, 4) is 5.75 Å². The van der Waals surface area contributed by atoms with E-state index in [1.165, 1.54) is 12.1 Å². The number of nitrogens with one attached hydrogen (secondary N) is 1. The van der Waals surface area contributed by atoms with Crippen LogP contribution >= 0.6 is 0 Å². The molecule has 1 radical (unpaired) electrons. The minimum absolute atomic E-state index is 0.149. The van der Waals surface area contributed by atoms with Gasteiger partial charge in [-0.3, -0.25) is 9.59 Å². The number of phenols is 1. The average Bonchev–Trinajstić information content (AvgIpc) is 2.48. The van der Waals surface area contributed by atoms with Gasteiger partial charge in [0, 0.05) is 6.42 Å². The zero-order chi connectivity index (χ0) is 15.7. The summed E-state index contributed by atoms with van der Waals surface area (Å²) in [5.41, 5.74) is 12.0. The SMILES string of the molecule is NCCCC[C@H](N)C(=O)N[C@H]([C]=O)Cc1ccc(O)cc1. The highest BCUT2D eigenvalue weighted by Crippen LogP contribution is 2.11. The summed E-state index contributed by atoms with van der Waals surface area (Å²) in [6.45, 7) is 0.569. The Bertz CT molecular complexity index is 448. The number of carbonyl (C=O) groups excluding carboxylic acids is 2. The predicted molar refractivity (Wildman–Crippen MR) is 80.3 cm³/mol. The highest BCUT2D eigenvalue weighted by Gasteiger charge is 2.18. The van der Waals surface area contributed by atoms with Crippen molar-refractivity contribution in [2.75, 3.05) is 6.54 Å². The van der Waals surface area contributed by atoms with Gasteiger partial charge in [0.05, 0.1) is 12.1 Å². The lowest BCUT2D eigenvalue weighted by atomic mass is 10.1. The third-order valence-corrected chi connectivity index (χ3v) is 3.14. The minimum Gasteiger partial charge on any atom is -0.508 e. The van der Waals surface area contributed by atoms with Gasteiger partial charge in [-0.05, 0) is 37.1 Å². The number of benzene rings is 1. The zero-order valence-electron chi connectivity index (χ0n) is 11.9. The van der Waals surface area contributed by atoms with Gasteiger partial charge in [-0.1, -0.05) is 18.6 Å². The topological polar surface area (TPSA) is 118 Å². The van der Waals surface area contributed by atoms with E-state index in [1.54, 1.807) is 18.4 Å². The van der Waals surface area contributed by atoms with Crippen LogP contribution in [0.4, 0.5) is 0 Å². The molecule has 6 N–H and O–H groups in total. The van der Waals surface area contributed by atoms with E-state index in [1.807, 2.05) is 0 Å². The quantitative estimate of drug-likeness (QED) is 0.477. The Hall–Kier alpha value is -1.92. The van der Waals surface area contributed by atoms with Crippen LogP contribution in [0.3, 0.4) is 0 Å². The van der Waals surface area contributed by atoms with Crippen LogP contribution < -0.4 is 16.8 Å². The van der Waals surface area contributed by atoms with Crippen LogP contribution in [0, 0.1) is 0 Å². The minimum atomic E-state index is -0.748. The number of unbranched alkanes of at least 4 members (excludes halogenated alkanes) is 1. The molecule has 6 heteroatoms. The monoisotopic (exact) mass is 292 g/mol. The second-order valence-electron chi connectivity index (χ2n) is 4.94. The number of aromatic hydroxyl groups is 1. The van der Waals surface area contributed by atoms with Crippen LogP contribution in [0.2, 0.25) is 0 Å². The van der Waals surface area contributed by atoms with Crippen LogP contribution in [-0.2, 0) is 16.0 Å². The summed E-state index contributed by atoms with van der Waals surface area (Å²) in [4.78, 5) is 22.8. The lowest BCUT2D eigenvalue weighted by Crippen LogP contribution is -2.46. The molecule has 0 aliphatic heterocycles. The van der Waals surface area contributed by atoms with E-state index in [0.29, 0.717) is 19.4 Å². The Morgan fingerprint density at radius 3 is 2.52 bits per heavy atom. The van der Waals surface area contributed by atoms with Crippen LogP contribution in [0.25, 0.3) is 0 Å². The lowest BCUT2D eigenvalue weighted by Gasteiger charge is -2.16. The molecule has 1 aromatic rings. The smallest absolute Gasteiger partial charge is 0.237 e. The fourth-order valence-electron chi connectivity index (χ4n) is 1.91. The lowest BCUT2D eigenvalue weighted by molar-refractivity contribution is -0.122. The molecule has 2 atom stereocenters. The van der Waals surface area contributed by atoms with Gasteiger partial charge < -0.3 is 21.9 Å². The van der Waals surface area contributed by atoms with E-state index in [9.17, 15) is 14.7 Å². The average molecular weight is 292 g/mol. The molecule has 21 heavy (non-hydrogen) atoms. The third-order valence-electron chi connectivity index (χ3n) is 3.14. The molecular weight excluding hydrogens is 270 g/mol. The maximum Gasteiger partial charge on any atom is 0.237 e. The Morgan fingerprint density at radius 1 is 1.29 bits per heavy atom. The normalized spacial score (nSPS) is 13.4. The second kappa shape index (κ2) is 9.10. The van der Waals surface area contributed by atoms with Crippen molar-refractivity contribution in [2.45, 2.75) is 37.8 Å². The first-order valence-corrected chi connectivity index (χ1v) is 6.98. The Kier molecular flexibility index (Phi) is 7.42. The van der Waals surface area contributed by atoms with Crippen molar-refractivity contribution < 1.29 is 14.7 Å². The molecule has 0 aliphatic carbocycles.